The topological polar surface area (TPSA) is 64.2 Å². The molecule has 6 heteroatoms. The fraction of sp³-hybridized carbons (Fsp3) is 0.167. The summed E-state index contributed by atoms with van der Waals surface area (Å²) in [6.45, 7) is 1.99. The minimum Gasteiger partial charge on any atom is -0.465 e. The molecule has 0 saturated carbocycles. The molecule has 0 aliphatic rings. The van der Waals surface area contributed by atoms with Crippen molar-refractivity contribution in [1.29, 1.82) is 0 Å². The van der Waals surface area contributed by atoms with Gasteiger partial charge in [-0.05, 0) is 42.8 Å². The number of hydrogen-bond donors (Lipinski definition) is 0. The second-order valence-electron chi connectivity index (χ2n) is 5.41. The zero-order valence-corrected chi connectivity index (χ0v) is 13.5. The number of rotatable bonds is 5. The Morgan fingerprint density at radius 3 is 2.71 bits per heavy atom. The minimum absolute atomic E-state index is 0.0523. The molecule has 1 atom stereocenters. The van der Waals surface area contributed by atoms with Crippen molar-refractivity contribution in [1.82, 2.24) is 19.7 Å². The van der Waals surface area contributed by atoms with Gasteiger partial charge in [-0.3, -0.25) is 4.79 Å². The molecule has 2 heterocycles. The largest absolute Gasteiger partial charge is 0.465 e. The van der Waals surface area contributed by atoms with Crippen molar-refractivity contribution >= 4 is 12.0 Å². The summed E-state index contributed by atoms with van der Waals surface area (Å²) in [7, 11) is 1.78. The quantitative estimate of drug-likeness (QED) is 0.677. The fourth-order valence-corrected chi connectivity index (χ4v) is 2.32. The third-order valence-corrected chi connectivity index (χ3v) is 3.92. The first-order valence-corrected chi connectivity index (χ1v) is 7.58. The number of benzene rings is 1. The Kier molecular flexibility index (Phi) is 4.56. The number of carbonyl (C=O) groups excluding carboxylic acids is 1. The third kappa shape index (κ3) is 3.43. The van der Waals surface area contributed by atoms with Gasteiger partial charge in [0.1, 0.15) is 18.4 Å². The highest BCUT2D eigenvalue weighted by molar-refractivity contribution is 5.91. The Labute approximate surface area is 140 Å². The maximum absolute atomic E-state index is 12.3. The van der Waals surface area contributed by atoms with Crippen molar-refractivity contribution in [2.24, 2.45) is 0 Å². The van der Waals surface area contributed by atoms with Crippen molar-refractivity contribution in [2.45, 2.75) is 13.0 Å². The van der Waals surface area contributed by atoms with Crippen LogP contribution in [0, 0.1) is 0 Å². The maximum atomic E-state index is 12.3. The Morgan fingerprint density at radius 2 is 2.08 bits per heavy atom. The first-order valence-electron chi connectivity index (χ1n) is 7.58. The molecular formula is C18H18N4O2. The highest BCUT2D eigenvalue weighted by Gasteiger charge is 2.15. The molecule has 0 saturated heterocycles. The van der Waals surface area contributed by atoms with Crippen LogP contribution in [0.4, 0.5) is 0 Å². The second kappa shape index (κ2) is 6.95. The molecule has 24 heavy (non-hydrogen) atoms. The van der Waals surface area contributed by atoms with E-state index in [-0.39, 0.29) is 11.9 Å². The van der Waals surface area contributed by atoms with E-state index in [2.05, 4.69) is 10.1 Å². The maximum Gasteiger partial charge on any atom is 0.246 e. The van der Waals surface area contributed by atoms with Crippen LogP contribution in [0.3, 0.4) is 0 Å². The van der Waals surface area contributed by atoms with Crippen LogP contribution in [-0.4, -0.2) is 32.6 Å². The summed E-state index contributed by atoms with van der Waals surface area (Å²) < 4.78 is 6.88. The van der Waals surface area contributed by atoms with Crippen LogP contribution in [0.25, 0.3) is 11.8 Å². The van der Waals surface area contributed by atoms with Crippen molar-refractivity contribution < 1.29 is 9.21 Å². The van der Waals surface area contributed by atoms with Gasteiger partial charge in [0.05, 0.1) is 18.0 Å². The Bertz CT molecular complexity index is 805. The summed E-state index contributed by atoms with van der Waals surface area (Å²) >= 11 is 0. The third-order valence-electron chi connectivity index (χ3n) is 3.92. The zero-order valence-electron chi connectivity index (χ0n) is 13.5. The van der Waals surface area contributed by atoms with E-state index in [4.69, 9.17) is 4.42 Å². The van der Waals surface area contributed by atoms with E-state index in [9.17, 15) is 4.79 Å². The van der Waals surface area contributed by atoms with Crippen LogP contribution < -0.4 is 0 Å². The lowest BCUT2D eigenvalue weighted by Gasteiger charge is -2.24. The Balaban J connectivity index is 1.68. The zero-order chi connectivity index (χ0) is 16.9. The average Bonchev–Trinajstić information content (AvgIpc) is 3.32. The standard InChI is InChI=1S/C18H18N4O2/c1-14(21(2)18(23)10-9-17-4-3-11-24-17)15-5-7-16(8-6-15)22-13-19-12-20-22/h3-14H,1-2H3/b10-9+/t14-/m0/s1. The minimum atomic E-state index is -0.0840. The lowest BCUT2D eigenvalue weighted by Crippen LogP contribution is -2.27. The van der Waals surface area contributed by atoms with Gasteiger partial charge in [0, 0.05) is 13.1 Å². The molecule has 1 amide bonds. The molecule has 1 aromatic carbocycles. The Hall–Kier alpha value is -3.15. The molecule has 0 radical (unpaired) electrons. The molecule has 3 aromatic rings. The van der Waals surface area contributed by atoms with Gasteiger partial charge in [0.15, 0.2) is 0 Å². The molecule has 0 N–H and O–H groups in total. The van der Waals surface area contributed by atoms with E-state index in [1.165, 1.54) is 12.4 Å². The van der Waals surface area contributed by atoms with E-state index in [1.807, 2.05) is 31.2 Å². The summed E-state index contributed by atoms with van der Waals surface area (Å²) in [6.07, 6.45) is 7.90. The van der Waals surface area contributed by atoms with Crippen LogP contribution >= 0.6 is 0 Å². The normalized spacial score (nSPS) is 12.4. The van der Waals surface area contributed by atoms with E-state index < -0.39 is 0 Å². The van der Waals surface area contributed by atoms with Crippen molar-refractivity contribution in [2.75, 3.05) is 7.05 Å². The molecule has 122 valence electrons. The Morgan fingerprint density at radius 1 is 1.29 bits per heavy atom. The smallest absolute Gasteiger partial charge is 0.246 e. The van der Waals surface area contributed by atoms with Crippen LogP contribution in [0.1, 0.15) is 24.3 Å². The van der Waals surface area contributed by atoms with Gasteiger partial charge < -0.3 is 9.32 Å². The number of likely N-dealkylation sites (N-methyl/N-ethyl adjacent to an activating group) is 1. The lowest BCUT2D eigenvalue weighted by molar-refractivity contribution is -0.126. The summed E-state index contributed by atoms with van der Waals surface area (Å²) in [4.78, 5) is 17.9. The first kappa shape index (κ1) is 15.7. The predicted molar refractivity (Wildman–Crippen MR) is 90.3 cm³/mol. The molecule has 0 aliphatic heterocycles. The average molecular weight is 322 g/mol. The molecule has 0 unspecified atom stereocenters. The molecular weight excluding hydrogens is 304 g/mol. The highest BCUT2D eigenvalue weighted by Crippen LogP contribution is 2.20. The van der Waals surface area contributed by atoms with Crippen molar-refractivity contribution in [3.8, 4) is 5.69 Å². The van der Waals surface area contributed by atoms with Gasteiger partial charge in [0.25, 0.3) is 0 Å². The number of aromatic nitrogens is 3. The lowest BCUT2D eigenvalue weighted by atomic mass is 10.1. The summed E-state index contributed by atoms with van der Waals surface area (Å²) in [5.41, 5.74) is 1.97. The van der Waals surface area contributed by atoms with Crippen LogP contribution in [0.15, 0.2) is 65.8 Å². The number of hydrogen-bond acceptors (Lipinski definition) is 4. The van der Waals surface area contributed by atoms with E-state index in [0.717, 1.165) is 11.3 Å². The van der Waals surface area contributed by atoms with Crippen molar-refractivity contribution in [3.63, 3.8) is 0 Å². The number of nitrogens with zero attached hydrogens (tertiary/aromatic N) is 4. The van der Waals surface area contributed by atoms with Crippen LogP contribution in [0.2, 0.25) is 0 Å². The molecule has 3 rings (SSSR count). The van der Waals surface area contributed by atoms with Gasteiger partial charge >= 0.3 is 0 Å². The van der Waals surface area contributed by atoms with Gasteiger partial charge in [-0.2, -0.15) is 5.10 Å². The molecule has 0 aliphatic carbocycles. The molecule has 0 spiro atoms. The van der Waals surface area contributed by atoms with E-state index in [1.54, 1.807) is 47.4 Å². The van der Waals surface area contributed by atoms with Crippen LogP contribution in [0.5, 0.6) is 0 Å². The van der Waals surface area contributed by atoms with Gasteiger partial charge in [0.2, 0.25) is 5.91 Å². The van der Waals surface area contributed by atoms with Gasteiger partial charge in [-0.15, -0.1) is 0 Å². The second-order valence-corrected chi connectivity index (χ2v) is 5.41. The fourth-order valence-electron chi connectivity index (χ4n) is 2.32. The molecule has 2 aromatic heterocycles. The molecule has 0 fully saturated rings. The van der Waals surface area contributed by atoms with Crippen molar-refractivity contribution in [3.05, 3.63) is 72.7 Å². The monoisotopic (exact) mass is 322 g/mol. The van der Waals surface area contributed by atoms with Gasteiger partial charge in [-0.25, -0.2) is 9.67 Å². The van der Waals surface area contributed by atoms with Gasteiger partial charge in [-0.1, -0.05) is 12.1 Å². The summed E-state index contributed by atoms with van der Waals surface area (Å²) in [5.74, 6) is 0.570. The number of furan rings is 1. The highest BCUT2D eigenvalue weighted by atomic mass is 16.3. The SMILES string of the molecule is C[C@@H](c1ccc(-n2cncn2)cc1)N(C)C(=O)/C=C/c1ccco1. The first-order chi connectivity index (χ1) is 11.6. The number of carbonyl (C=O) groups is 1. The van der Waals surface area contributed by atoms with E-state index in [0.29, 0.717) is 5.76 Å². The molecule has 0 bridgehead atoms. The van der Waals surface area contributed by atoms with E-state index >= 15 is 0 Å². The summed E-state index contributed by atoms with van der Waals surface area (Å²) in [5, 5.41) is 4.10. The summed E-state index contributed by atoms with van der Waals surface area (Å²) in [6, 6.07) is 11.4. The number of amides is 1. The van der Waals surface area contributed by atoms with Crippen LogP contribution in [-0.2, 0) is 4.79 Å². The predicted octanol–water partition coefficient (Wildman–Crippen LogP) is 3.09. The molecule has 6 nitrogen and oxygen atoms in total.